The number of rotatable bonds is 11. The standard InChI is InChI=1S/C24H31N3O2S/c1-30-16-4-14-27(15-13-21-17-25-23-6-3-2-5-22(21)23)18-20-9-7-19(8-10-20)11-12-24(28)26-29/h2-3,5-7,9,11-12,17,25,29H,4,8,10,13-16,18H2,1H3,(H,26,28)/b12-11+. The third kappa shape index (κ3) is 6.62. The Morgan fingerprint density at radius 1 is 1.27 bits per heavy atom. The van der Waals surface area contributed by atoms with Gasteiger partial charge in [0.15, 0.2) is 0 Å². The van der Waals surface area contributed by atoms with E-state index in [1.54, 1.807) is 11.6 Å². The van der Waals surface area contributed by atoms with E-state index in [0.29, 0.717) is 0 Å². The fraction of sp³-hybridized carbons (Fsp3) is 0.375. The quantitative estimate of drug-likeness (QED) is 0.215. The molecule has 0 bridgehead atoms. The van der Waals surface area contributed by atoms with Gasteiger partial charge >= 0.3 is 0 Å². The van der Waals surface area contributed by atoms with Crippen LogP contribution >= 0.6 is 11.8 Å². The van der Waals surface area contributed by atoms with Gasteiger partial charge in [0.2, 0.25) is 0 Å². The van der Waals surface area contributed by atoms with Crippen LogP contribution < -0.4 is 5.48 Å². The lowest BCUT2D eigenvalue weighted by molar-refractivity contribution is -0.124. The molecule has 5 nitrogen and oxygen atoms in total. The second-order valence-corrected chi connectivity index (χ2v) is 8.59. The number of carbonyl (C=O) groups is 1. The number of hydroxylamine groups is 1. The third-order valence-corrected chi connectivity index (χ3v) is 6.15. The van der Waals surface area contributed by atoms with Gasteiger partial charge < -0.3 is 4.98 Å². The molecule has 30 heavy (non-hydrogen) atoms. The normalized spacial score (nSPS) is 14.4. The smallest absolute Gasteiger partial charge is 0.267 e. The fourth-order valence-electron chi connectivity index (χ4n) is 3.79. The van der Waals surface area contributed by atoms with E-state index in [1.807, 2.05) is 11.8 Å². The average Bonchev–Trinajstić information content (AvgIpc) is 3.20. The number of nitrogens with zero attached hydrogens (tertiary/aromatic N) is 1. The summed E-state index contributed by atoms with van der Waals surface area (Å²) >= 11 is 1.90. The van der Waals surface area contributed by atoms with Crippen LogP contribution in [0.5, 0.6) is 0 Å². The second kappa shape index (κ2) is 11.8. The van der Waals surface area contributed by atoms with Gasteiger partial charge in [0.25, 0.3) is 5.91 Å². The van der Waals surface area contributed by atoms with Crippen molar-refractivity contribution < 1.29 is 10.0 Å². The number of aromatic amines is 1. The molecular weight excluding hydrogens is 394 g/mol. The minimum atomic E-state index is -0.497. The van der Waals surface area contributed by atoms with E-state index < -0.39 is 5.91 Å². The molecule has 3 N–H and O–H groups in total. The Labute approximate surface area is 182 Å². The highest BCUT2D eigenvalue weighted by molar-refractivity contribution is 7.98. The minimum absolute atomic E-state index is 0.497. The number of allylic oxidation sites excluding steroid dienone is 4. The molecule has 1 amide bonds. The molecule has 0 fully saturated rings. The maximum absolute atomic E-state index is 11.1. The van der Waals surface area contributed by atoms with E-state index in [4.69, 9.17) is 5.21 Å². The summed E-state index contributed by atoms with van der Waals surface area (Å²) in [5, 5.41) is 9.90. The number of aromatic nitrogens is 1. The summed E-state index contributed by atoms with van der Waals surface area (Å²) in [6.07, 6.45) is 15.9. The number of benzene rings is 1. The third-order valence-electron chi connectivity index (χ3n) is 5.45. The van der Waals surface area contributed by atoms with Crippen molar-refractivity contribution in [2.24, 2.45) is 0 Å². The van der Waals surface area contributed by atoms with Crippen LogP contribution in [0.2, 0.25) is 0 Å². The van der Waals surface area contributed by atoms with Crippen LogP contribution in [-0.4, -0.2) is 52.6 Å². The Bertz CT molecular complexity index is 929. The first-order chi connectivity index (χ1) is 14.7. The van der Waals surface area contributed by atoms with Crippen molar-refractivity contribution in [3.8, 4) is 0 Å². The zero-order valence-electron chi connectivity index (χ0n) is 17.6. The number of amides is 1. The zero-order chi connectivity index (χ0) is 21.2. The molecule has 3 rings (SSSR count). The summed E-state index contributed by atoms with van der Waals surface area (Å²) < 4.78 is 0. The van der Waals surface area contributed by atoms with Gasteiger partial charge in [-0.05, 0) is 61.4 Å². The summed E-state index contributed by atoms with van der Waals surface area (Å²) in [5.41, 5.74) is 6.75. The van der Waals surface area contributed by atoms with E-state index in [9.17, 15) is 4.79 Å². The van der Waals surface area contributed by atoms with Crippen LogP contribution in [0.4, 0.5) is 0 Å². The minimum Gasteiger partial charge on any atom is -0.361 e. The molecule has 1 aromatic carbocycles. The average molecular weight is 426 g/mol. The largest absolute Gasteiger partial charge is 0.361 e. The van der Waals surface area contributed by atoms with Crippen LogP contribution in [-0.2, 0) is 11.2 Å². The number of fused-ring (bicyclic) bond motifs is 1. The van der Waals surface area contributed by atoms with Crippen LogP contribution in [0, 0.1) is 0 Å². The highest BCUT2D eigenvalue weighted by Gasteiger charge is 2.12. The first kappa shape index (κ1) is 22.4. The summed E-state index contributed by atoms with van der Waals surface area (Å²) in [7, 11) is 0. The van der Waals surface area contributed by atoms with Crippen molar-refractivity contribution in [1.82, 2.24) is 15.4 Å². The molecule has 0 aliphatic heterocycles. The van der Waals surface area contributed by atoms with Crippen LogP contribution in [0.25, 0.3) is 10.9 Å². The van der Waals surface area contributed by atoms with Gasteiger partial charge in [-0.15, -0.1) is 0 Å². The molecule has 1 heterocycles. The van der Waals surface area contributed by atoms with Gasteiger partial charge in [-0.1, -0.05) is 42.0 Å². The molecule has 1 aliphatic carbocycles. The molecule has 0 saturated heterocycles. The zero-order valence-corrected chi connectivity index (χ0v) is 18.4. The van der Waals surface area contributed by atoms with Gasteiger partial charge in [-0.25, -0.2) is 5.48 Å². The lowest BCUT2D eigenvalue weighted by atomic mass is 9.97. The lowest BCUT2D eigenvalue weighted by Crippen LogP contribution is -2.30. The fourth-order valence-corrected chi connectivity index (χ4v) is 4.21. The molecule has 0 saturated carbocycles. The Morgan fingerprint density at radius 3 is 2.90 bits per heavy atom. The lowest BCUT2D eigenvalue weighted by Gasteiger charge is -2.25. The van der Waals surface area contributed by atoms with E-state index >= 15 is 0 Å². The van der Waals surface area contributed by atoms with Crippen LogP contribution in [0.1, 0.15) is 24.8 Å². The Hall–Kier alpha value is -2.28. The molecule has 0 spiro atoms. The molecule has 0 atom stereocenters. The van der Waals surface area contributed by atoms with Crippen molar-refractivity contribution in [1.29, 1.82) is 0 Å². The maximum Gasteiger partial charge on any atom is 0.267 e. The van der Waals surface area contributed by atoms with Crippen molar-refractivity contribution in [3.63, 3.8) is 0 Å². The first-order valence-corrected chi connectivity index (χ1v) is 11.9. The van der Waals surface area contributed by atoms with Gasteiger partial charge in [-0.2, -0.15) is 11.8 Å². The molecule has 1 aliphatic rings. The Balaban J connectivity index is 1.61. The van der Waals surface area contributed by atoms with Crippen molar-refractivity contribution >= 4 is 28.6 Å². The number of H-pyrrole nitrogens is 1. The predicted molar refractivity (Wildman–Crippen MR) is 126 cm³/mol. The highest BCUT2D eigenvalue weighted by Crippen LogP contribution is 2.22. The molecule has 2 aromatic rings. The summed E-state index contributed by atoms with van der Waals surface area (Å²) in [6, 6.07) is 8.50. The van der Waals surface area contributed by atoms with Gasteiger partial charge in [-0.3, -0.25) is 14.9 Å². The molecule has 6 heteroatoms. The van der Waals surface area contributed by atoms with Gasteiger partial charge in [0.05, 0.1) is 0 Å². The van der Waals surface area contributed by atoms with E-state index in [0.717, 1.165) is 44.5 Å². The van der Waals surface area contributed by atoms with E-state index in [1.165, 1.54) is 40.3 Å². The Morgan fingerprint density at radius 2 is 2.13 bits per heavy atom. The molecular formula is C24H31N3O2S. The number of para-hydroxylation sites is 1. The second-order valence-electron chi connectivity index (χ2n) is 7.61. The van der Waals surface area contributed by atoms with Crippen molar-refractivity contribution in [3.05, 3.63) is 71.5 Å². The Kier molecular flexibility index (Phi) is 8.81. The van der Waals surface area contributed by atoms with Crippen LogP contribution in [0.3, 0.4) is 0 Å². The highest BCUT2D eigenvalue weighted by atomic mass is 32.2. The topological polar surface area (TPSA) is 68.4 Å². The molecule has 0 unspecified atom stereocenters. The summed E-state index contributed by atoms with van der Waals surface area (Å²) in [6.45, 7) is 3.13. The first-order valence-electron chi connectivity index (χ1n) is 10.5. The number of hydrogen-bond donors (Lipinski definition) is 3. The summed E-state index contributed by atoms with van der Waals surface area (Å²) in [5.74, 6) is 0.688. The van der Waals surface area contributed by atoms with Gasteiger partial charge in [0.1, 0.15) is 0 Å². The molecule has 160 valence electrons. The van der Waals surface area contributed by atoms with Gasteiger partial charge in [0, 0.05) is 36.3 Å². The number of nitrogens with one attached hydrogen (secondary N) is 2. The molecule has 1 aromatic heterocycles. The van der Waals surface area contributed by atoms with Crippen LogP contribution in [0.15, 0.2) is 65.9 Å². The van der Waals surface area contributed by atoms with Crippen molar-refractivity contribution in [2.45, 2.75) is 25.7 Å². The SMILES string of the molecule is CSCCCN(CCc1c[nH]c2ccccc12)CC1=CC=C(/C=C/C(=O)NO)CC1. The number of carbonyl (C=O) groups excluding carboxylic acids is 1. The number of thioether (sulfide) groups is 1. The predicted octanol–water partition coefficient (Wildman–Crippen LogP) is 4.47. The molecule has 0 radical (unpaired) electrons. The maximum atomic E-state index is 11.1. The summed E-state index contributed by atoms with van der Waals surface area (Å²) in [4.78, 5) is 17.1. The van der Waals surface area contributed by atoms with E-state index in [2.05, 4.69) is 58.8 Å². The van der Waals surface area contributed by atoms with E-state index in [-0.39, 0.29) is 0 Å². The number of hydrogen-bond acceptors (Lipinski definition) is 4. The monoisotopic (exact) mass is 425 g/mol. The van der Waals surface area contributed by atoms with Crippen molar-refractivity contribution in [2.75, 3.05) is 31.6 Å².